The molecule has 32 heavy (non-hydrogen) atoms. The molecule has 5 aliphatic rings. The van der Waals surface area contributed by atoms with Crippen molar-refractivity contribution in [3.8, 4) is 0 Å². The fraction of sp³-hybridized carbons (Fsp3) is 0.952. The number of carbonyl (C=O) groups is 1. The van der Waals surface area contributed by atoms with E-state index in [-0.39, 0.29) is 29.4 Å². The van der Waals surface area contributed by atoms with Crippen LogP contribution in [-0.4, -0.2) is 115 Å². The van der Waals surface area contributed by atoms with Gasteiger partial charge in [-0.15, -0.1) is 11.6 Å². The van der Waals surface area contributed by atoms with Gasteiger partial charge in [0, 0.05) is 57.9 Å². The molecule has 5 fully saturated rings. The standard InChI is InChI=1S/C21H38ClFN8O/c22-13-9-26-20-18(19(24)28-31(20)11-13)21(32)27-16-10-25-5-1-17(16)29-7-3-15(4-8-29)30-6-2-14(23)12-30/h13-20,25-26,28H,1-12,24H2,(H,27,32)/t13?,14-,16?,17?,18?,19?,20?/m0/s1. The average molecular weight is 473 g/mol. The highest BCUT2D eigenvalue weighted by Gasteiger charge is 2.47. The number of hydrazine groups is 1. The van der Waals surface area contributed by atoms with Crippen molar-refractivity contribution in [2.45, 2.75) is 67.7 Å². The van der Waals surface area contributed by atoms with Gasteiger partial charge in [-0.3, -0.25) is 19.9 Å². The maximum atomic E-state index is 13.6. The summed E-state index contributed by atoms with van der Waals surface area (Å²) in [6, 6.07) is 0.876. The molecule has 5 saturated heterocycles. The van der Waals surface area contributed by atoms with Gasteiger partial charge in [-0.25, -0.2) is 14.8 Å². The molecule has 182 valence electrons. The lowest BCUT2D eigenvalue weighted by molar-refractivity contribution is -0.128. The van der Waals surface area contributed by atoms with Crippen LogP contribution in [0.5, 0.6) is 0 Å². The molecule has 5 rings (SSSR count). The SMILES string of the molecule is NC1NN2CC(Cl)CNC2C1C(=O)NC1CNCCC1N1CCC(N2CC[C@H](F)C2)CC1. The van der Waals surface area contributed by atoms with Gasteiger partial charge in [0.1, 0.15) is 6.17 Å². The zero-order valence-electron chi connectivity index (χ0n) is 18.7. The molecule has 0 aromatic rings. The number of fused-ring (bicyclic) bond motifs is 1. The van der Waals surface area contributed by atoms with E-state index in [0.717, 1.165) is 52.0 Å². The summed E-state index contributed by atoms with van der Waals surface area (Å²) in [5.74, 6) is -0.367. The van der Waals surface area contributed by atoms with E-state index in [1.807, 2.05) is 5.01 Å². The van der Waals surface area contributed by atoms with Gasteiger partial charge in [-0.2, -0.15) is 0 Å². The second-order valence-corrected chi connectivity index (χ2v) is 10.7. The number of halogens is 2. The summed E-state index contributed by atoms with van der Waals surface area (Å²) in [6.45, 7) is 6.58. The zero-order chi connectivity index (χ0) is 22.2. The number of alkyl halides is 2. The minimum atomic E-state index is -0.654. The molecule has 0 bridgehead atoms. The number of nitrogens with one attached hydrogen (secondary N) is 4. The van der Waals surface area contributed by atoms with Gasteiger partial charge in [0.25, 0.3) is 0 Å². The summed E-state index contributed by atoms with van der Waals surface area (Å²) in [6.07, 6.45) is 2.64. The van der Waals surface area contributed by atoms with Crippen molar-refractivity contribution >= 4 is 17.5 Å². The molecule has 5 aliphatic heterocycles. The minimum Gasteiger partial charge on any atom is -0.350 e. The quantitative estimate of drug-likeness (QED) is 0.318. The lowest BCUT2D eigenvalue weighted by Gasteiger charge is -2.45. The maximum absolute atomic E-state index is 13.6. The molecule has 6 unspecified atom stereocenters. The Balaban J connectivity index is 1.18. The second kappa shape index (κ2) is 9.95. The van der Waals surface area contributed by atoms with Gasteiger partial charge >= 0.3 is 0 Å². The van der Waals surface area contributed by atoms with E-state index in [9.17, 15) is 9.18 Å². The molecule has 6 N–H and O–H groups in total. The van der Waals surface area contributed by atoms with Crippen LogP contribution in [0.25, 0.3) is 0 Å². The van der Waals surface area contributed by atoms with E-state index in [2.05, 4.69) is 31.2 Å². The van der Waals surface area contributed by atoms with Crippen LogP contribution >= 0.6 is 11.6 Å². The molecule has 1 amide bonds. The number of hydrogen-bond acceptors (Lipinski definition) is 8. The van der Waals surface area contributed by atoms with Crippen molar-refractivity contribution in [1.29, 1.82) is 0 Å². The summed E-state index contributed by atoms with van der Waals surface area (Å²) in [5, 5.41) is 12.1. The zero-order valence-corrected chi connectivity index (χ0v) is 19.4. The summed E-state index contributed by atoms with van der Waals surface area (Å²) in [5.41, 5.74) is 9.51. The van der Waals surface area contributed by atoms with Crippen LogP contribution in [0.2, 0.25) is 0 Å². The molecule has 0 aromatic heterocycles. The average Bonchev–Trinajstić information content (AvgIpc) is 3.36. The molecule has 0 aliphatic carbocycles. The highest BCUT2D eigenvalue weighted by atomic mass is 35.5. The Hall–Kier alpha value is -0.590. The third kappa shape index (κ3) is 4.79. The molecule has 0 spiro atoms. The Labute approximate surface area is 194 Å². The first-order valence-corrected chi connectivity index (χ1v) is 12.7. The summed E-state index contributed by atoms with van der Waals surface area (Å²) in [7, 11) is 0. The van der Waals surface area contributed by atoms with Gasteiger partial charge in [-0.05, 0) is 32.2 Å². The number of nitrogens with zero attached hydrogens (tertiary/aromatic N) is 3. The largest absolute Gasteiger partial charge is 0.350 e. The van der Waals surface area contributed by atoms with Gasteiger partial charge in [0.2, 0.25) is 5.91 Å². The Morgan fingerprint density at radius 1 is 1.06 bits per heavy atom. The van der Waals surface area contributed by atoms with E-state index in [0.29, 0.717) is 38.1 Å². The maximum Gasteiger partial charge on any atom is 0.229 e. The van der Waals surface area contributed by atoms with Crippen LogP contribution in [0.3, 0.4) is 0 Å². The monoisotopic (exact) mass is 472 g/mol. The van der Waals surface area contributed by atoms with Crippen molar-refractivity contribution in [2.24, 2.45) is 11.7 Å². The van der Waals surface area contributed by atoms with Crippen LogP contribution in [0, 0.1) is 5.92 Å². The third-order valence-electron chi connectivity index (χ3n) is 8.04. The predicted molar refractivity (Wildman–Crippen MR) is 122 cm³/mol. The second-order valence-electron chi connectivity index (χ2n) is 10.1. The van der Waals surface area contributed by atoms with E-state index in [4.69, 9.17) is 17.3 Å². The van der Waals surface area contributed by atoms with Crippen LogP contribution in [0.4, 0.5) is 4.39 Å². The van der Waals surface area contributed by atoms with Crippen molar-refractivity contribution in [1.82, 2.24) is 36.2 Å². The molecular weight excluding hydrogens is 435 g/mol. The molecule has 11 heteroatoms. The Kier molecular flexibility index (Phi) is 7.20. The molecular formula is C21H38ClFN8O. The number of piperidine rings is 2. The molecule has 0 radical (unpaired) electrons. The number of hydrogen-bond donors (Lipinski definition) is 5. The van der Waals surface area contributed by atoms with Crippen molar-refractivity contribution in [3.05, 3.63) is 0 Å². The number of rotatable bonds is 4. The Morgan fingerprint density at radius 3 is 2.59 bits per heavy atom. The van der Waals surface area contributed by atoms with E-state index < -0.39 is 12.3 Å². The van der Waals surface area contributed by atoms with Crippen LogP contribution in [0.15, 0.2) is 0 Å². The molecule has 0 aromatic carbocycles. The van der Waals surface area contributed by atoms with Gasteiger partial charge < -0.3 is 16.4 Å². The fourth-order valence-electron chi connectivity index (χ4n) is 6.34. The first-order chi connectivity index (χ1) is 15.5. The number of amides is 1. The highest BCUT2D eigenvalue weighted by Crippen LogP contribution is 2.27. The Bertz CT molecular complexity index is 668. The lowest BCUT2D eigenvalue weighted by Crippen LogP contribution is -2.64. The minimum absolute atomic E-state index is 0.000961. The van der Waals surface area contributed by atoms with E-state index in [1.54, 1.807) is 0 Å². The number of likely N-dealkylation sites (tertiary alicyclic amines) is 2. The molecule has 7 atom stereocenters. The van der Waals surface area contributed by atoms with E-state index in [1.165, 1.54) is 0 Å². The smallest absolute Gasteiger partial charge is 0.229 e. The summed E-state index contributed by atoms with van der Waals surface area (Å²) < 4.78 is 13.6. The molecule has 5 heterocycles. The first kappa shape index (κ1) is 23.2. The van der Waals surface area contributed by atoms with Crippen molar-refractivity contribution in [3.63, 3.8) is 0 Å². The first-order valence-electron chi connectivity index (χ1n) is 12.3. The van der Waals surface area contributed by atoms with Gasteiger partial charge in [-0.1, -0.05) is 0 Å². The van der Waals surface area contributed by atoms with Crippen molar-refractivity contribution in [2.75, 3.05) is 52.4 Å². The topological polar surface area (TPSA) is 101 Å². The Morgan fingerprint density at radius 2 is 1.84 bits per heavy atom. The van der Waals surface area contributed by atoms with Gasteiger partial charge in [0.15, 0.2) is 0 Å². The lowest BCUT2D eigenvalue weighted by atomic mass is 9.93. The fourth-order valence-corrected chi connectivity index (χ4v) is 6.58. The van der Waals surface area contributed by atoms with Gasteiger partial charge in [0.05, 0.1) is 29.7 Å². The summed E-state index contributed by atoms with van der Waals surface area (Å²) >= 11 is 6.26. The van der Waals surface area contributed by atoms with Crippen LogP contribution in [-0.2, 0) is 4.79 Å². The van der Waals surface area contributed by atoms with Crippen LogP contribution < -0.4 is 27.1 Å². The van der Waals surface area contributed by atoms with Crippen LogP contribution in [0.1, 0.15) is 25.7 Å². The molecule has 9 nitrogen and oxygen atoms in total. The van der Waals surface area contributed by atoms with Crippen molar-refractivity contribution < 1.29 is 9.18 Å². The summed E-state index contributed by atoms with van der Waals surface area (Å²) in [4.78, 5) is 18.2. The number of nitrogens with two attached hydrogens (primary N) is 1. The third-order valence-corrected chi connectivity index (χ3v) is 8.34. The molecule has 0 saturated carbocycles. The number of carbonyl (C=O) groups excluding carboxylic acids is 1. The highest BCUT2D eigenvalue weighted by molar-refractivity contribution is 6.21. The predicted octanol–water partition coefficient (Wildman–Crippen LogP) is -1.40. The normalized spacial score (nSPS) is 42.8. The van der Waals surface area contributed by atoms with E-state index >= 15 is 0 Å².